The smallest absolute Gasteiger partial charge is 0.264 e. The molecule has 2 aromatic carbocycles. The van der Waals surface area contributed by atoms with Gasteiger partial charge in [-0.05, 0) is 62.8 Å². The molecule has 0 radical (unpaired) electrons. The topological polar surface area (TPSA) is 69.6 Å². The Morgan fingerprint density at radius 1 is 1.06 bits per heavy atom. The number of aliphatic hydroxyl groups excluding tert-OH is 1. The van der Waals surface area contributed by atoms with Gasteiger partial charge in [-0.2, -0.15) is 0 Å². The van der Waals surface area contributed by atoms with Crippen molar-refractivity contribution < 1.29 is 14.7 Å². The van der Waals surface area contributed by atoms with Gasteiger partial charge in [0.2, 0.25) is 0 Å². The fraction of sp³-hybridized carbons (Fsp3) is 0.400. The van der Waals surface area contributed by atoms with Crippen LogP contribution in [0.5, 0.6) is 0 Å². The summed E-state index contributed by atoms with van der Waals surface area (Å²) in [6.45, 7) is 6.08. The van der Waals surface area contributed by atoms with Gasteiger partial charge in [0.05, 0.1) is 0 Å². The molecule has 1 atom stereocenters. The van der Waals surface area contributed by atoms with Crippen LogP contribution in [-0.4, -0.2) is 33.9 Å². The fourth-order valence-corrected chi connectivity index (χ4v) is 5.26. The monoisotopic (exact) mass is 472 g/mol. The maximum Gasteiger partial charge on any atom is 0.264 e. The van der Waals surface area contributed by atoms with Crippen molar-refractivity contribution in [2.75, 3.05) is 11.9 Å². The van der Waals surface area contributed by atoms with Crippen molar-refractivity contribution >= 4 is 17.5 Å². The molecule has 1 saturated carbocycles. The van der Waals surface area contributed by atoms with Crippen LogP contribution in [0.3, 0.4) is 0 Å². The lowest BCUT2D eigenvalue weighted by Crippen LogP contribution is -2.48. The van der Waals surface area contributed by atoms with E-state index in [2.05, 4.69) is 17.4 Å². The summed E-state index contributed by atoms with van der Waals surface area (Å²) < 4.78 is 0. The van der Waals surface area contributed by atoms with E-state index in [-0.39, 0.29) is 11.3 Å². The number of amides is 2. The standard InChI is InChI=1S/C30H36N2O3/c1-21(2)18-19-32-29(35)26(27(33)30(32,3)20-22-10-6-4-7-11-22)28(34)31-25-16-14-24(15-17-25)23-12-8-5-9-13-23/h4,6-7,10-11,14-18,23,33H,5,8-9,12-13,19-20H2,1-3H3,(H,31,34). The van der Waals surface area contributed by atoms with E-state index in [9.17, 15) is 14.7 Å². The van der Waals surface area contributed by atoms with Crippen molar-refractivity contribution in [2.45, 2.75) is 70.8 Å². The quantitative estimate of drug-likeness (QED) is 0.367. The van der Waals surface area contributed by atoms with Gasteiger partial charge in [0, 0.05) is 18.7 Å². The Balaban J connectivity index is 1.57. The zero-order valence-electron chi connectivity index (χ0n) is 21.0. The van der Waals surface area contributed by atoms with Crippen LogP contribution >= 0.6 is 0 Å². The van der Waals surface area contributed by atoms with E-state index >= 15 is 0 Å². The average molecular weight is 473 g/mol. The van der Waals surface area contributed by atoms with Crippen LogP contribution in [0.2, 0.25) is 0 Å². The van der Waals surface area contributed by atoms with Crippen molar-refractivity contribution in [3.8, 4) is 0 Å². The SMILES string of the molecule is CC(C)=CCN1C(=O)C(C(=O)Nc2ccc(C3CCCCC3)cc2)=C(O)C1(C)Cc1ccccc1. The molecule has 0 aromatic heterocycles. The molecule has 1 unspecified atom stereocenters. The summed E-state index contributed by atoms with van der Waals surface area (Å²) in [5, 5.41) is 14.1. The third kappa shape index (κ3) is 5.34. The largest absolute Gasteiger partial charge is 0.509 e. The average Bonchev–Trinajstić information content (AvgIpc) is 3.03. The molecule has 0 saturated heterocycles. The van der Waals surface area contributed by atoms with Gasteiger partial charge in [-0.25, -0.2) is 0 Å². The molecule has 0 spiro atoms. The van der Waals surface area contributed by atoms with Gasteiger partial charge in [-0.15, -0.1) is 0 Å². The van der Waals surface area contributed by atoms with E-state index in [1.54, 1.807) is 4.90 Å². The van der Waals surface area contributed by atoms with Crippen molar-refractivity contribution in [1.82, 2.24) is 4.90 Å². The number of allylic oxidation sites excluding steroid dienone is 1. The first-order valence-corrected chi connectivity index (χ1v) is 12.6. The second-order valence-corrected chi connectivity index (χ2v) is 10.3. The van der Waals surface area contributed by atoms with Gasteiger partial charge in [-0.3, -0.25) is 9.59 Å². The molecule has 2 aliphatic rings. The lowest BCUT2D eigenvalue weighted by Gasteiger charge is -2.35. The van der Waals surface area contributed by atoms with Gasteiger partial charge in [0.15, 0.2) is 0 Å². The number of aliphatic hydroxyl groups is 1. The molecule has 2 aromatic rings. The fourth-order valence-electron chi connectivity index (χ4n) is 5.26. The molecule has 1 heterocycles. The van der Waals surface area contributed by atoms with Crippen LogP contribution < -0.4 is 5.32 Å². The highest BCUT2D eigenvalue weighted by Gasteiger charge is 2.50. The highest BCUT2D eigenvalue weighted by Crippen LogP contribution is 2.38. The number of rotatable bonds is 7. The van der Waals surface area contributed by atoms with E-state index in [1.807, 2.05) is 69.3 Å². The molecule has 4 rings (SSSR count). The van der Waals surface area contributed by atoms with E-state index in [1.165, 1.54) is 37.7 Å². The summed E-state index contributed by atoms with van der Waals surface area (Å²) in [7, 11) is 0. The summed E-state index contributed by atoms with van der Waals surface area (Å²) in [6.07, 6.45) is 8.62. The third-order valence-electron chi connectivity index (χ3n) is 7.35. The summed E-state index contributed by atoms with van der Waals surface area (Å²) in [4.78, 5) is 28.3. The number of carbonyl (C=O) groups is 2. The highest BCUT2D eigenvalue weighted by molar-refractivity contribution is 6.24. The number of nitrogens with one attached hydrogen (secondary N) is 1. The van der Waals surface area contributed by atoms with E-state index < -0.39 is 17.4 Å². The molecule has 1 fully saturated rings. The Hall–Kier alpha value is -3.34. The van der Waals surface area contributed by atoms with Crippen LogP contribution in [0.1, 0.15) is 69.9 Å². The minimum atomic E-state index is -1.01. The van der Waals surface area contributed by atoms with Crippen molar-refractivity contribution in [3.05, 3.63) is 88.7 Å². The molecule has 2 N–H and O–H groups in total. The molecule has 0 bridgehead atoms. The number of benzene rings is 2. The summed E-state index contributed by atoms with van der Waals surface area (Å²) in [5.41, 5.74) is 2.77. The second kappa shape index (κ2) is 10.5. The maximum absolute atomic E-state index is 13.4. The minimum Gasteiger partial charge on any atom is -0.509 e. The highest BCUT2D eigenvalue weighted by atomic mass is 16.3. The minimum absolute atomic E-state index is 0.176. The zero-order valence-corrected chi connectivity index (χ0v) is 21.0. The molecule has 2 amide bonds. The molecule has 5 heteroatoms. The first-order valence-electron chi connectivity index (χ1n) is 12.6. The zero-order chi connectivity index (χ0) is 25.0. The summed E-state index contributed by atoms with van der Waals surface area (Å²) in [6, 6.07) is 17.6. The van der Waals surface area contributed by atoms with Crippen LogP contribution in [0, 0.1) is 0 Å². The van der Waals surface area contributed by atoms with Crippen LogP contribution in [0.25, 0.3) is 0 Å². The summed E-state index contributed by atoms with van der Waals surface area (Å²) in [5.74, 6) is -0.615. The number of hydrogen-bond donors (Lipinski definition) is 2. The molecule has 5 nitrogen and oxygen atoms in total. The Bertz CT molecular complexity index is 1120. The van der Waals surface area contributed by atoms with Gasteiger partial charge < -0.3 is 15.3 Å². The van der Waals surface area contributed by atoms with Gasteiger partial charge in [-0.1, -0.05) is 73.4 Å². The number of carbonyl (C=O) groups excluding carboxylic acids is 2. The van der Waals surface area contributed by atoms with E-state index in [0.717, 1.165) is 11.1 Å². The molecular weight excluding hydrogens is 436 g/mol. The van der Waals surface area contributed by atoms with Crippen molar-refractivity contribution in [1.29, 1.82) is 0 Å². The predicted octanol–water partition coefficient (Wildman–Crippen LogP) is 6.29. The Kier molecular flexibility index (Phi) is 7.44. The van der Waals surface area contributed by atoms with Gasteiger partial charge >= 0.3 is 0 Å². The van der Waals surface area contributed by atoms with Gasteiger partial charge in [0.1, 0.15) is 16.9 Å². The number of nitrogens with zero attached hydrogens (tertiary/aromatic N) is 1. The lowest BCUT2D eigenvalue weighted by atomic mass is 9.84. The Labute approximate surface area is 208 Å². The first kappa shape index (κ1) is 24.8. The third-order valence-corrected chi connectivity index (χ3v) is 7.35. The lowest BCUT2D eigenvalue weighted by molar-refractivity contribution is -0.130. The van der Waals surface area contributed by atoms with Crippen molar-refractivity contribution in [2.24, 2.45) is 0 Å². The van der Waals surface area contributed by atoms with Crippen LogP contribution in [0.4, 0.5) is 5.69 Å². The summed E-state index contributed by atoms with van der Waals surface area (Å²) >= 11 is 0. The van der Waals surface area contributed by atoms with Crippen molar-refractivity contribution in [3.63, 3.8) is 0 Å². The second-order valence-electron chi connectivity index (χ2n) is 10.3. The molecule has 35 heavy (non-hydrogen) atoms. The van der Waals surface area contributed by atoms with Crippen LogP contribution in [-0.2, 0) is 16.0 Å². The van der Waals surface area contributed by atoms with E-state index in [0.29, 0.717) is 24.6 Å². The van der Waals surface area contributed by atoms with Crippen LogP contribution in [0.15, 0.2) is 77.6 Å². The maximum atomic E-state index is 13.4. The molecule has 184 valence electrons. The van der Waals surface area contributed by atoms with Gasteiger partial charge in [0.25, 0.3) is 11.8 Å². The Morgan fingerprint density at radius 2 is 1.71 bits per heavy atom. The number of hydrogen-bond acceptors (Lipinski definition) is 3. The number of anilines is 1. The molecular formula is C30H36N2O3. The van der Waals surface area contributed by atoms with E-state index in [4.69, 9.17) is 0 Å². The normalized spacial score (nSPS) is 20.8. The molecule has 1 aliphatic heterocycles. The molecule has 1 aliphatic carbocycles. The first-order chi connectivity index (χ1) is 16.8. The Morgan fingerprint density at radius 3 is 2.34 bits per heavy atom. The predicted molar refractivity (Wildman–Crippen MR) is 140 cm³/mol.